The summed E-state index contributed by atoms with van der Waals surface area (Å²) in [6, 6.07) is 8.37. The van der Waals surface area contributed by atoms with E-state index in [4.69, 9.17) is 10.2 Å². The molecule has 6 heteroatoms. The van der Waals surface area contributed by atoms with Crippen LogP contribution in [0.25, 0.3) is 0 Å². The number of hydrogen-bond donors (Lipinski definition) is 2. The van der Waals surface area contributed by atoms with Gasteiger partial charge in [0.2, 0.25) is 0 Å². The van der Waals surface area contributed by atoms with Crippen LogP contribution >= 0.6 is 0 Å². The molecule has 96 valence electrons. The minimum Gasteiger partial charge on any atom is -0.480 e. The second-order valence-corrected chi connectivity index (χ2v) is 4.11. The first-order valence-corrected chi connectivity index (χ1v) is 5.62. The van der Waals surface area contributed by atoms with Gasteiger partial charge >= 0.3 is 12.1 Å². The van der Waals surface area contributed by atoms with Gasteiger partial charge in [-0.15, -0.1) is 0 Å². The molecule has 2 rings (SSSR count). The Morgan fingerprint density at radius 1 is 1.11 bits per heavy atom. The highest BCUT2D eigenvalue weighted by Crippen LogP contribution is 2.19. The van der Waals surface area contributed by atoms with Gasteiger partial charge in [0.25, 0.3) is 0 Å². The second-order valence-electron chi connectivity index (χ2n) is 4.11. The zero-order valence-corrected chi connectivity index (χ0v) is 9.69. The molecule has 1 aromatic rings. The summed E-state index contributed by atoms with van der Waals surface area (Å²) in [6.45, 7) is 0.868. The highest BCUT2D eigenvalue weighted by Gasteiger charge is 2.35. The summed E-state index contributed by atoms with van der Waals surface area (Å²) in [7, 11) is 0. The van der Waals surface area contributed by atoms with Gasteiger partial charge in [-0.2, -0.15) is 0 Å². The van der Waals surface area contributed by atoms with Crippen molar-refractivity contribution in [2.24, 2.45) is 0 Å². The Morgan fingerprint density at radius 2 is 1.78 bits per heavy atom. The van der Waals surface area contributed by atoms with Crippen LogP contribution in [0, 0.1) is 0 Å². The average Bonchev–Trinajstić information content (AvgIpc) is 2.39. The summed E-state index contributed by atoms with van der Waals surface area (Å²) < 4.78 is 0. The highest BCUT2D eigenvalue weighted by molar-refractivity contribution is 5.80. The molecule has 0 radical (unpaired) electrons. The number of aliphatic carboxylic acids is 1. The van der Waals surface area contributed by atoms with Crippen LogP contribution in [0.4, 0.5) is 10.5 Å². The molecule has 0 spiro atoms. The van der Waals surface area contributed by atoms with Crippen LogP contribution in [0.2, 0.25) is 0 Å². The maximum absolute atomic E-state index is 11.1. The lowest BCUT2D eigenvalue weighted by molar-refractivity contribution is -0.142. The summed E-state index contributed by atoms with van der Waals surface area (Å²) in [4.78, 5) is 24.9. The molecule has 1 heterocycles. The molecule has 1 aliphatic rings. The highest BCUT2D eigenvalue weighted by atomic mass is 16.4. The standard InChI is InChI=1S/C12H14N2O4/c15-11(16)10-8-13(6-7-14(10)12(17)18)9-4-2-1-3-5-9/h1-5,10H,6-8H2,(H,15,16)(H,17,18)/t10-/m1/s1. The molecule has 0 unspecified atom stereocenters. The number of rotatable bonds is 2. The Hall–Kier alpha value is -2.24. The van der Waals surface area contributed by atoms with E-state index < -0.39 is 18.1 Å². The van der Waals surface area contributed by atoms with Gasteiger partial charge in [0.1, 0.15) is 6.04 Å². The Bertz CT molecular complexity index is 449. The summed E-state index contributed by atoms with van der Waals surface area (Å²) >= 11 is 0. The number of carboxylic acid groups (broad SMARTS) is 2. The van der Waals surface area contributed by atoms with Gasteiger partial charge in [0, 0.05) is 25.3 Å². The van der Waals surface area contributed by atoms with Gasteiger partial charge < -0.3 is 15.1 Å². The largest absolute Gasteiger partial charge is 0.480 e. The summed E-state index contributed by atoms with van der Waals surface area (Å²) in [5.41, 5.74) is 0.911. The topological polar surface area (TPSA) is 81.1 Å². The zero-order valence-electron chi connectivity index (χ0n) is 9.69. The van der Waals surface area contributed by atoms with E-state index in [2.05, 4.69) is 0 Å². The van der Waals surface area contributed by atoms with Crippen molar-refractivity contribution in [2.45, 2.75) is 6.04 Å². The molecule has 1 aromatic carbocycles. The number of carboxylic acids is 1. The fourth-order valence-corrected chi connectivity index (χ4v) is 2.10. The van der Waals surface area contributed by atoms with Gasteiger partial charge in [-0.25, -0.2) is 9.59 Å². The SMILES string of the molecule is O=C(O)[C@H]1CN(c2ccccc2)CCN1C(=O)O. The summed E-state index contributed by atoms with van der Waals surface area (Å²) in [6.07, 6.45) is -1.19. The van der Waals surface area contributed by atoms with E-state index in [0.717, 1.165) is 10.6 Å². The Balaban J connectivity index is 2.16. The van der Waals surface area contributed by atoms with Gasteiger partial charge in [-0.05, 0) is 12.1 Å². The second kappa shape index (κ2) is 4.95. The third-order valence-corrected chi connectivity index (χ3v) is 3.03. The minimum atomic E-state index is -1.19. The molecule has 0 saturated carbocycles. The Labute approximate surface area is 104 Å². The Morgan fingerprint density at radius 3 is 2.33 bits per heavy atom. The number of piperazine rings is 1. The van der Waals surface area contributed by atoms with Gasteiger partial charge in [0.05, 0.1) is 0 Å². The summed E-state index contributed by atoms with van der Waals surface area (Å²) in [5, 5.41) is 18.0. The first-order valence-electron chi connectivity index (χ1n) is 5.62. The number of para-hydroxylation sites is 1. The number of nitrogens with zero attached hydrogens (tertiary/aromatic N) is 2. The van der Waals surface area contributed by atoms with Crippen molar-refractivity contribution in [2.75, 3.05) is 24.5 Å². The molecule has 0 aromatic heterocycles. The van der Waals surface area contributed by atoms with Crippen molar-refractivity contribution in [1.29, 1.82) is 0 Å². The predicted molar refractivity (Wildman–Crippen MR) is 64.8 cm³/mol. The quantitative estimate of drug-likeness (QED) is 0.816. The van der Waals surface area contributed by atoms with E-state index in [1.807, 2.05) is 35.2 Å². The molecular weight excluding hydrogens is 236 g/mol. The van der Waals surface area contributed by atoms with Crippen molar-refractivity contribution in [3.63, 3.8) is 0 Å². The van der Waals surface area contributed by atoms with E-state index in [-0.39, 0.29) is 13.1 Å². The van der Waals surface area contributed by atoms with Crippen LogP contribution in [0.3, 0.4) is 0 Å². The number of carbonyl (C=O) groups is 2. The monoisotopic (exact) mass is 250 g/mol. The first-order chi connectivity index (χ1) is 8.59. The van der Waals surface area contributed by atoms with E-state index in [1.165, 1.54) is 0 Å². The van der Waals surface area contributed by atoms with Crippen molar-refractivity contribution in [3.8, 4) is 0 Å². The predicted octanol–water partition coefficient (Wildman–Crippen LogP) is 0.940. The molecule has 1 aliphatic heterocycles. The molecule has 1 saturated heterocycles. The van der Waals surface area contributed by atoms with Crippen LogP contribution in [0.15, 0.2) is 30.3 Å². The van der Waals surface area contributed by atoms with Crippen LogP contribution in [0.1, 0.15) is 0 Å². The number of amides is 1. The minimum absolute atomic E-state index is 0.172. The van der Waals surface area contributed by atoms with Crippen LogP contribution in [-0.2, 0) is 4.79 Å². The summed E-state index contributed by atoms with van der Waals surface area (Å²) in [5.74, 6) is -1.11. The molecule has 2 N–H and O–H groups in total. The van der Waals surface area contributed by atoms with E-state index in [9.17, 15) is 9.59 Å². The molecule has 18 heavy (non-hydrogen) atoms. The molecule has 0 bridgehead atoms. The number of benzene rings is 1. The molecule has 1 atom stereocenters. The lowest BCUT2D eigenvalue weighted by atomic mass is 10.1. The molecule has 6 nitrogen and oxygen atoms in total. The van der Waals surface area contributed by atoms with Crippen molar-refractivity contribution in [1.82, 2.24) is 4.90 Å². The zero-order chi connectivity index (χ0) is 13.1. The maximum atomic E-state index is 11.1. The van der Waals surface area contributed by atoms with Gasteiger partial charge in [0.15, 0.2) is 0 Å². The molecule has 1 fully saturated rings. The van der Waals surface area contributed by atoms with Gasteiger partial charge in [-0.3, -0.25) is 4.90 Å². The molecule has 0 aliphatic carbocycles. The van der Waals surface area contributed by atoms with E-state index in [0.29, 0.717) is 6.54 Å². The van der Waals surface area contributed by atoms with Crippen LogP contribution < -0.4 is 4.90 Å². The maximum Gasteiger partial charge on any atom is 0.408 e. The lowest BCUT2D eigenvalue weighted by Gasteiger charge is -2.38. The Kier molecular flexibility index (Phi) is 3.36. The van der Waals surface area contributed by atoms with Crippen molar-refractivity contribution >= 4 is 17.7 Å². The average molecular weight is 250 g/mol. The van der Waals surface area contributed by atoms with E-state index in [1.54, 1.807) is 0 Å². The number of anilines is 1. The fourth-order valence-electron chi connectivity index (χ4n) is 2.10. The molecule has 1 amide bonds. The lowest BCUT2D eigenvalue weighted by Crippen LogP contribution is -2.58. The van der Waals surface area contributed by atoms with Crippen LogP contribution in [-0.4, -0.2) is 52.9 Å². The molecular formula is C12H14N2O4. The van der Waals surface area contributed by atoms with E-state index >= 15 is 0 Å². The van der Waals surface area contributed by atoms with Gasteiger partial charge in [-0.1, -0.05) is 18.2 Å². The first kappa shape index (κ1) is 12.2. The fraction of sp³-hybridized carbons (Fsp3) is 0.333. The third-order valence-electron chi connectivity index (χ3n) is 3.03. The van der Waals surface area contributed by atoms with Crippen LogP contribution in [0.5, 0.6) is 0 Å². The van der Waals surface area contributed by atoms with Crippen molar-refractivity contribution < 1.29 is 19.8 Å². The normalized spacial score (nSPS) is 19.7. The smallest absolute Gasteiger partial charge is 0.408 e. The van der Waals surface area contributed by atoms with Crippen molar-refractivity contribution in [3.05, 3.63) is 30.3 Å². The number of hydrogen-bond acceptors (Lipinski definition) is 3. The third kappa shape index (κ3) is 2.37.